The molecule has 0 N–H and O–H groups in total. The molecular weight excluding hydrogens is 925 g/mol. The SMILES string of the molecule is CC/C=C\C/C=C\C/C=C\C/C=C\C/C=C\CCCCCCCC(=O)OCC(COC(=O)C/C=C\C/C=C\C/C=C\C/C=C\C/C=C\CC)OC(=O)CCCCCCCC/C=C\C/C=C\C/C=C\CCCCCCC. The van der Waals surface area contributed by atoms with E-state index in [9.17, 15) is 14.4 Å². The molecule has 0 aromatic rings. The molecule has 0 heterocycles. The van der Waals surface area contributed by atoms with Crippen molar-refractivity contribution in [2.24, 2.45) is 0 Å². The van der Waals surface area contributed by atoms with Crippen LogP contribution in [0.2, 0.25) is 0 Å². The van der Waals surface area contributed by atoms with Crippen molar-refractivity contribution in [1.29, 1.82) is 0 Å². The lowest BCUT2D eigenvalue weighted by Crippen LogP contribution is -2.30. The molecule has 0 saturated carbocycles. The molecule has 0 aliphatic heterocycles. The van der Waals surface area contributed by atoms with E-state index in [4.69, 9.17) is 14.2 Å². The maximum absolute atomic E-state index is 12.9. The molecule has 1 unspecified atom stereocenters. The van der Waals surface area contributed by atoms with Gasteiger partial charge < -0.3 is 14.2 Å². The molecule has 0 fully saturated rings. The van der Waals surface area contributed by atoms with Crippen molar-refractivity contribution in [2.75, 3.05) is 13.2 Å². The van der Waals surface area contributed by atoms with Crippen LogP contribution in [0.3, 0.4) is 0 Å². The minimum atomic E-state index is -0.843. The first-order valence-electron chi connectivity index (χ1n) is 30.0. The molecule has 6 nitrogen and oxygen atoms in total. The monoisotopic (exact) mass is 1030 g/mol. The highest BCUT2D eigenvalue weighted by molar-refractivity contribution is 5.72. The Balaban J connectivity index is 4.56. The maximum Gasteiger partial charge on any atom is 0.309 e. The summed E-state index contributed by atoms with van der Waals surface area (Å²) in [6.07, 6.45) is 89.7. The second-order valence-electron chi connectivity index (χ2n) is 19.2. The zero-order valence-electron chi connectivity index (χ0n) is 48.0. The van der Waals surface area contributed by atoms with Crippen LogP contribution in [0.5, 0.6) is 0 Å². The van der Waals surface area contributed by atoms with E-state index in [0.717, 1.165) is 148 Å². The average Bonchev–Trinajstić information content (AvgIpc) is 3.41. The number of allylic oxidation sites excluding steroid dienone is 25. The normalized spacial score (nSPS) is 13.3. The Morgan fingerprint density at radius 2 is 0.573 bits per heavy atom. The fraction of sp³-hybridized carbons (Fsp3) is 0.580. The van der Waals surface area contributed by atoms with Gasteiger partial charge in [-0.3, -0.25) is 14.4 Å². The maximum atomic E-state index is 12.9. The summed E-state index contributed by atoms with van der Waals surface area (Å²) in [6.45, 7) is 6.27. The Morgan fingerprint density at radius 3 is 0.933 bits per heavy atom. The number of hydrogen-bond acceptors (Lipinski definition) is 6. The molecule has 75 heavy (non-hydrogen) atoms. The van der Waals surface area contributed by atoms with Crippen LogP contribution in [0.15, 0.2) is 158 Å². The highest BCUT2D eigenvalue weighted by Gasteiger charge is 2.19. The summed E-state index contributed by atoms with van der Waals surface area (Å²) in [7, 11) is 0. The first-order chi connectivity index (χ1) is 37.0. The van der Waals surface area contributed by atoms with E-state index in [0.29, 0.717) is 6.42 Å². The first kappa shape index (κ1) is 70.0. The lowest BCUT2D eigenvalue weighted by atomic mass is 10.1. The number of carbonyl (C=O) groups is 3. The standard InChI is InChI=1S/C69H108O6/c1-4-7-10-13-16-19-22-25-28-30-32-34-36-38-41-44-47-50-53-56-59-62-68(71)74-65-66(64-73-67(70)61-58-55-52-49-46-43-40-27-24-21-18-15-12-9-6-3)75-69(72)63-60-57-54-51-48-45-42-39-37-35-33-31-29-26-23-20-17-14-11-8-5-2/h7,9-10,12,16,18-19,21,23,25-28,31-34,37-41,46,49,55,58,66H,4-6,8,11,13-15,17,20,22,24,29-30,35-36,42-45,47-48,50-54,56-57,59-65H2,1-3H3/b10-7-,12-9-,19-16-,21-18-,26-23-,28-25-,33-31-,34-32-,39-37-,40-27-,41-38-,49-46-,58-55-. The number of unbranched alkanes of at least 4 members (excludes halogenated alkanes) is 16. The van der Waals surface area contributed by atoms with E-state index >= 15 is 0 Å². The van der Waals surface area contributed by atoms with E-state index in [1.807, 2.05) is 6.08 Å². The molecule has 0 aliphatic carbocycles. The van der Waals surface area contributed by atoms with Crippen LogP contribution in [0, 0.1) is 0 Å². The van der Waals surface area contributed by atoms with Crippen LogP contribution in [0.1, 0.15) is 239 Å². The predicted molar refractivity (Wildman–Crippen MR) is 325 cm³/mol. The topological polar surface area (TPSA) is 78.9 Å². The summed E-state index contributed by atoms with van der Waals surface area (Å²) in [6, 6.07) is 0. The second-order valence-corrected chi connectivity index (χ2v) is 19.2. The zero-order chi connectivity index (χ0) is 54.3. The number of ether oxygens (including phenoxy) is 3. The Hall–Kier alpha value is -4.97. The molecule has 0 aliphatic rings. The number of rotatable bonds is 52. The van der Waals surface area contributed by atoms with Gasteiger partial charge in [-0.15, -0.1) is 0 Å². The summed E-state index contributed by atoms with van der Waals surface area (Å²) < 4.78 is 16.8. The summed E-state index contributed by atoms with van der Waals surface area (Å²) in [5, 5.41) is 0. The second kappa shape index (κ2) is 61.6. The fourth-order valence-corrected chi connectivity index (χ4v) is 7.61. The van der Waals surface area contributed by atoms with Crippen LogP contribution in [0.4, 0.5) is 0 Å². The lowest BCUT2D eigenvalue weighted by molar-refractivity contribution is -0.166. The van der Waals surface area contributed by atoms with Crippen LogP contribution in [-0.2, 0) is 28.6 Å². The molecular formula is C69H108O6. The third kappa shape index (κ3) is 59.8. The Kier molecular flexibility index (Phi) is 57.5. The summed E-state index contributed by atoms with van der Waals surface area (Å²) >= 11 is 0. The average molecular weight is 1030 g/mol. The minimum absolute atomic E-state index is 0.112. The van der Waals surface area contributed by atoms with Crippen LogP contribution >= 0.6 is 0 Å². The molecule has 0 radical (unpaired) electrons. The van der Waals surface area contributed by atoms with Crippen molar-refractivity contribution in [1.82, 2.24) is 0 Å². The molecule has 0 rings (SSSR count). The van der Waals surface area contributed by atoms with Crippen LogP contribution < -0.4 is 0 Å². The van der Waals surface area contributed by atoms with Crippen molar-refractivity contribution in [3.63, 3.8) is 0 Å². The number of carbonyl (C=O) groups excluding carboxylic acids is 3. The molecule has 1 atom stereocenters. The van der Waals surface area contributed by atoms with Gasteiger partial charge in [0.1, 0.15) is 13.2 Å². The number of esters is 3. The van der Waals surface area contributed by atoms with Gasteiger partial charge in [-0.1, -0.05) is 249 Å². The molecule has 0 aromatic heterocycles. The van der Waals surface area contributed by atoms with Gasteiger partial charge >= 0.3 is 17.9 Å². The quantitative estimate of drug-likeness (QED) is 0.0261. The van der Waals surface area contributed by atoms with Crippen LogP contribution in [0.25, 0.3) is 0 Å². The van der Waals surface area contributed by atoms with Gasteiger partial charge in [0.15, 0.2) is 6.10 Å². The van der Waals surface area contributed by atoms with Crippen molar-refractivity contribution in [3.05, 3.63) is 158 Å². The van der Waals surface area contributed by atoms with E-state index in [-0.39, 0.29) is 38.0 Å². The predicted octanol–water partition coefficient (Wildman–Crippen LogP) is 20.5. The van der Waals surface area contributed by atoms with Crippen molar-refractivity contribution in [3.8, 4) is 0 Å². The Bertz CT molecular complexity index is 1710. The van der Waals surface area contributed by atoms with Crippen LogP contribution in [-0.4, -0.2) is 37.2 Å². The summed E-state index contributed by atoms with van der Waals surface area (Å²) in [5.41, 5.74) is 0. The third-order valence-electron chi connectivity index (χ3n) is 12.0. The van der Waals surface area contributed by atoms with Crippen molar-refractivity contribution in [2.45, 2.75) is 245 Å². The minimum Gasteiger partial charge on any atom is -0.462 e. The third-order valence-corrected chi connectivity index (χ3v) is 12.0. The van der Waals surface area contributed by atoms with Crippen molar-refractivity contribution < 1.29 is 28.6 Å². The van der Waals surface area contributed by atoms with E-state index in [2.05, 4.69) is 167 Å². The van der Waals surface area contributed by atoms with Gasteiger partial charge in [-0.25, -0.2) is 0 Å². The number of hydrogen-bond donors (Lipinski definition) is 0. The van der Waals surface area contributed by atoms with Gasteiger partial charge in [0.05, 0.1) is 6.42 Å². The Labute approximate surface area is 460 Å². The largest absolute Gasteiger partial charge is 0.462 e. The molecule has 0 aromatic carbocycles. The zero-order valence-corrected chi connectivity index (χ0v) is 48.0. The fourth-order valence-electron chi connectivity index (χ4n) is 7.61. The van der Waals surface area contributed by atoms with E-state index in [1.165, 1.54) is 51.4 Å². The highest BCUT2D eigenvalue weighted by atomic mass is 16.6. The molecule has 0 amide bonds. The van der Waals surface area contributed by atoms with Gasteiger partial charge in [0.2, 0.25) is 0 Å². The highest BCUT2D eigenvalue weighted by Crippen LogP contribution is 2.13. The van der Waals surface area contributed by atoms with Gasteiger partial charge in [0, 0.05) is 12.8 Å². The molecule has 0 bridgehead atoms. The van der Waals surface area contributed by atoms with Gasteiger partial charge in [-0.2, -0.15) is 0 Å². The Morgan fingerprint density at radius 1 is 0.293 bits per heavy atom. The van der Waals surface area contributed by atoms with Gasteiger partial charge in [-0.05, 0) is 128 Å². The van der Waals surface area contributed by atoms with Gasteiger partial charge in [0.25, 0.3) is 0 Å². The summed E-state index contributed by atoms with van der Waals surface area (Å²) in [4.78, 5) is 38.2. The van der Waals surface area contributed by atoms with Crippen molar-refractivity contribution >= 4 is 17.9 Å². The lowest BCUT2D eigenvalue weighted by Gasteiger charge is -2.18. The summed E-state index contributed by atoms with van der Waals surface area (Å²) in [5.74, 6) is -1.10. The molecule has 0 spiro atoms. The molecule has 420 valence electrons. The first-order valence-corrected chi connectivity index (χ1v) is 30.0. The smallest absolute Gasteiger partial charge is 0.309 e. The molecule has 6 heteroatoms. The molecule has 0 saturated heterocycles. The van der Waals surface area contributed by atoms with E-state index < -0.39 is 12.1 Å². The van der Waals surface area contributed by atoms with E-state index in [1.54, 1.807) is 6.08 Å².